The summed E-state index contributed by atoms with van der Waals surface area (Å²) in [5, 5.41) is 0. The van der Waals surface area contributed by atoms with Crippen LogP contribution in [0.5, 0.6) is 0 Å². The molecule has 0 amide bonds. The summed E-state index contributed by atoms with van der Waals surface area (Å²) in [6.07, 6.45) is 86.6. The van der Waals surface area contributed by atoms with Crippen molar-refractivity contribution in [3.8, 4) is 0 Å². The molecule has 6 nitrogen and oxygen atoms in total. The third-order valence-corrected chi connectivity index (χ3v) is 14.4. The van der Waals surface area contributed by atoms with E-state index in [1.54, 1.807) is 0 Å². The van der Waals surface area contributed by atoms with Gasteiger partial charge in [-0.05, 0) is 77.0 Å². The first-order valence-electron chi connectivity index (χ1n) is 33.1. The molecule has 0 radical (unpaired) electrons. The lowest BCUT2D eigenvalue weighted by Gasteiger charge is -2.18. The van der Waals surface area contributed by atoms with Crippen LogP contribution in [-0.4, -0.2) is 37.2 Å². The first-order valence-corrected chi connectivity index (χ1v) is 33.1. The first-order chi connectivity index (χ1) is 38.0. The molecular weight excluding hydrogens is 949 g/mol. The van der Waals surface area contributed by atoms with Crippen molar-refractivity contribution in [2.24, 2.45) is 0 Å². The van der Waals surface area contributed by atoms with Gasteiger partial charge < -0.3 is 14.2 Å². The van der Waals surface area contributed by atoms with Gasteiger partial charge in [-0.2, -0.15) is 0 Å². The highest BCUT2D eigenvalue weighted by molar-refractivity contribution is 5.71. The second-order valence-electron chi connectivity index (χ2n) is 22.0. The summed E-state index contributed by atoms with van der Waals surface area (Å²) in [5.41, 5.74) is 0. The Morgan fingerprint density at radius 3 is 0.844 bits per heavy atom. The van der Waals surface area contributed by atoms with Crippen molar-refractivity contribution in [1.29, 1.82) is 0 Å². The average Bonchev–Trinajstić information content (AvgIpc) is 3.43. The van der Waals surface area contributed by atoms with Gasteiger partial charge in [-0.3, -0.25) is 14.4 Å². The Hall–Kier alpha value is -3.41. The molecule has 0 fully saturated rings. The van der Waals surface area contributed by atoms with Gasteiger partial charge in [0.2, 0.25) is 0 Å². The molecule has 0 aromatic carbocycles. The van der Waals surface area contributed by atoms with E-state index in [2.05, 4.69) is 93.7 Å². The second kappa shape index (κ2) is 65.1. The molecule has 0 bridgehead atoms. The SMILES string of the molecule is CC/C=C\C/C=C\C/C=C\C/C=C\CCC(=O)OC(COC(=O)CCCCC/C=C\C/C=C\C/C=C\CC)COC(=O)CCCCCCCCCCCCCCCCCCCCCCCCCCCCCCCCCCC. The predicted molar refractivity (Wildman–Crippen MR) is 334 cm³/mol. The highest BCUT2D eigenvalue weighted by Crippen LogP contribution is 2.18. The van der Waals surface area contributed by atoms with Gasteiger partial charge in [-0.1, -0.05) is 318 Å². The number of allylic oxidation sites excluding steroid dienone is 14. The summed E-state index contributed by atoms with van der Waals surface area (Å²) in [6.45, 7) is 6.35. The van der Waals surface area contributed by atoms with Gasteiger partial charge in [0.25, 0.3) is 0 Å². The van der Waals surface area contributed by atoms with Crippen molar-refractivity contribution < 1.29 is 28.6 Å². The Balaban J connectivity index is 4.11. The minimum atomic E-state index is -0.826. The molecule has 0 aliphatic rings. The Morgan fingerprint density at radius 1 is 0.273 bits per heavy atom. The lowest BCUT2D eigenvalue weighted by Crippen LogP contribution is -2.30. The van der Waals surface area contributed by atoms with Crippen molar-refractivity contribution in [2.45, 2.75) is 335 Å². The Labute approximate surface area is 477 Å². The van der Waals surface area contributed by atoms with Crippen LogP contribution in [0.1, 0.15) is 329 Å². The van der Waals surface area contributed by atoms with E-state index in [1.807, 2.05) is 12.2 Å². The minimum Gasteiger partial charge on any atom is -0.462 e. The lowest BCUT2D eigenvalue weighted by molar-refractivity contribution is -0.166. The third kappa shape index (κ3) is 63.3. The van der Waals surface area contributed by atoms with E-state index < -0.39 is 12.1 Å². The molecule has 0 aliphatic carbocycles. The Kier molecular flexibility index (Phi) is 62.2. The zero-order chi connectivity index (χ0) is 55.7. The number of carbonyl (C=O) groups excluding carboxylic acids is 3. The fraction of sp³-hybridized carbons (Fsp3) is 0.761. The van der Waals surface area contributed by atoms with Gasteiger partial charge in [0.15, 0.2) is 6.10 Å². The zero-order valence-corrected chi connectivity index (χ0v) is 51.0. The Bertz CT molecular complexity index is 1470. The van der Waals surface area contributed by atoms with Gasteiger partial charge in [0.05, 0.1) is 0 Å². The monoisotopic (exact) mass is 1070 g/mol. The number of unbranched alkanes of at least 4 members (excludes halogenated alkanes) is 35. The number of hydrogen-bond acceptors (Lipinski definition) is 6. The number of hydrogen-bond donors (Lipinski definition) is 0. The molecule has 0 rings (SSSR count). The van der Waals surface area contributed by atoms with Crippen molar-refractivity contribution in [2.75, 3.05) is 13.2 Å². The summed E-state index contributed by atoms with van der Waals surface area (Å²) in [7, 11) is 0. The lowest BCUT2D eigenvalue weighted by atomic mass is 10.0. The predicted octanol–water partition coefficient (Wildman–Crippen LogP) is 22.7. The van der Waals surface area contributed by atoms with E-state index in [4.69, 9.17) is 14.2 Å². The van der Waals surface area contributed by atoms with Crippen LogP contribution in [0.25, 0.3) is 0 Å². The molecule has 1 atom stereocenters. The molecule has 0 aromatic rings. The molecule has 1 unspecified atom stereocenters. The van der Waals surface area contributed by atoms with Crippen LogP contribution in [-0.2, 0) is 28.6 Å². The Morgan fingerprint density at radius 2 is 0.532 bits per heavy atom. The van der Waals surface area contributed by atoms with E-state index in [9.17, 15) is 14.4 Å². The van der Waals surface area contributed by atoms with Gasteiger partial charge >= 0.3 is 17.9 Å². The van der Waals surface area contributed by atoms with Crippen LogP contribution in [0.2, 0.25) is 0 Å². The standard InChI is InChI=1S/C71H124O6/c1-4-7-10-13-16-19-22-25-26-27-28-29-30-31-32-33-34-35-36-37-38-39-40-41-42-43-44-47-49-52-55-58-61-64-70(73)76-67-68(77-71(74)65-62-59-56-53-50-46-24-21-18-15-12-9-6-3)66-75-69(72)63-60-57-54-51-48-45-23-20-17-14-11-8-5-2/h8-9,11-12,17-18,20-21,45-46,48,50,56,59,68H,4-7,10,13-16,19,22-44,47,49,51-55,57-58,60-67H2,1-3H3/b11-8-,12-9-,20-17-,21-18-,48-45-,50-46-,59-56-. The van der Waals surface area contributed by atoms with E-state index in [1.165, 1.54) is 193 Å². The average molecular weight is 1070 g/mol. The second-order valence-corrected chi connectivity index (χ2v) is 22.0. The molecule has 0 spiro atoms. The third-order valence-electron chi connectivity index (χ3n) is 14.4. The van der Waals surface area contributed by atoms with Crippen molar-refractivity contribution >= 4 is 17.9 Å². The summed E-state index contributed by atoms with van der Waals surface area (Å²) < 4.78 is 16.8. The van der Waals surface area contributed by atoms with E-state index in [-0.39, 0.29) is 31.6 Å². The molecule has 444 valence electrons. The molecule has 0 heterocycles. The van der Waals surface area contributed by atoms with E-state index >= 15 is 0 Å². The van der Waals surface area contributed by atoms with Crippen molar-refractivity contribution in [1.82, 2.24) is 0 Å². The molecule has 0 saturated carbocycles. The number of esters is 3. The van der Waals surface area contributed by atoms with Gasteiger partial charge in [0, 0.05) is 19.3 Å². The first kappa shape index (κ1) is 73.6. The van der Waals surface area contributed by atoms with Gasteiger partial charge in [-0.25, -0.2) is 0 Å². The van der Waals surface area contributed by atoms with Crippen molar-refractivity contribution in [3.05, 3.63) is 85.1 Å². The molecule has 77 heavy (non-hydrogen) atoms. The van der Waals surface area contributed by atoms with E-state index in [0.717, 1.165) is 89.9 Å². The van der Waals surface area contributed by atoms with Crippen LogP contribution in [0.15, 0.2) is 85.1 Å². The molecule has 0 aliphatic heterocycles. The highest BCUT2D eigenvalue weighted by Gasteiger charge is 2.19. The number of rotatable bonds is 60. The van der Waals surface area contributed by atoms with Crippen LogP contribution in [0, 0.1) is 0 Å². The molecule has 6 heteroatoms. The van der Waals surface area contributed by atoms with Crippen LogP contribution in [0.4, 0.5) is 0 Å². The maximum absolute atomic E-state index is 12.8. The maximum Gasteiger partial charge on any atom is 0.306 e. The molecule has 0 aromatic heterocycles. The summed E-state index contributed by atoms with van der Waals surface area (Å²) >= 11 is 0. The van der Waals surface area contributed by atoms with Crippen LogP contribution >= 0.6 is 0 Å². The molecule has 0 saturated heterocycles. The molecular formula is C71H124O6. The van der Waals surface area contributed by atoms with Crippen LogP contribution < -0.4 is 0 Å². The highest BCUT2D eigenvalue weighted by atomic mass is 16.6. The minimum absolute atomic E-state index is 0.113. The fourth-order valence-corrected chi connectivity index (χ4v) is 9.53. The van der Waals surface area contributed by atoms with Gasteiger partial charge in [-0.15, -0.1) is 0 Å². The zero-order valence-electron chi connectivity index (χ0n) is 51.0. The normalized spacial score (nSPS) is 12.6. The smallest absolute Gasteiger partial charge is 0.306 e. The molecule has 0 N–H and O–H groups in total. The largest absolute Gasteiger partial charge is 0.462 e. The number of carbonyl (C=O) groups is 3. The quantitative estimate of drug-likeness (QED) is 0.0261. The summed E-state index contributed by atoms with van der Waals surface area (Å²) in [6, 6.07) is 0. The summed E-state index contributed by atoms with van der Waals surface area (Å²) in [4.78, 5) is 38.1. The summed E-state index contributed by atoms with van der Waals surface area (Å²) in [5.74, 6) is -1.02. The topological polar surface area (TPSA) is 78.9 Å². The maximum atomic E-state index is 12.8. The van der Waals surface area contributed by atoms with Crippen LogP contribution in [0.3, 0.4) is 0 Å². The van der Waals surface area contributed by atoms with E-state index in [0.29, 0.717) is 19.3 Å². The van der Waals surface area contributed by atoms with Crippen molar-refractivity contribution in [3.63, 3.8) is 0 Å². The van der Waals surface area contributed by atoms with Gasteiger partial charge in [0.1, 0.15) is 13.2 Å². The number of ether oxygens (including phenoxy) is 3. The fourth-order valence-electron chi connectivity index (χ4n) is 9.53.